The maximum atomic E-state index is 13.0. The first-order valence-electron chi connectivity index (χ1n) is 4.89. The zero-order valence-electron chi connectivity index (χ0n) is 7.84. The van der Waals surface area contributed by atoms with Gasteiger partial charge in [-0.2, -0.15) is 0 Å². The highest BCUT2D eigenvalue weighted by molar-refractivity contribution is 6.31. The van der Waals surface area contributed by atoms with Crippen molar-refractivity contribution in [2.75, 3.05) is 0 Å². The monoisotopic (exact) mass is 213 g/mol. The molecule has 1 aliphatic rings. The summed E-state index contributed by atoms with van der Waals surface area (Å²) in [6.07, 6.45) is 3.49. The van der Waals surface area contributed by atoms with E-state index in [2.05, 4.69) is 0 Å². The maximum Gasteiger partial charge on any atom is 0.123 e. The highest BCUT2D eigenvalue weighted by atomic mass is 35.5. The second-order valence-corrected chi connectivity index (χ2v) is 4.29. The van der Waals surface area contributed by atoms with Crippen LogP contribution >= 0.6 is 11.6 Å². The zero-order chi connectivity index (χ0) is 10.1. The van der Waals surface area contributed by atoms with E-state index in [1.54, 1.807) is 6.07 Å². The summed E-state index contributed by atoms with van der Waals surface area (Å²) in [7, 11) is 0. The average molecular weight is 214 g/mol. The Morgan fingerprint density at radius 2 is 2.14 bits per heavy atom. The quantitative estimate of drug-likeness (QED) is 0.802. The van der Waals surface area contributed by atoms with Crippen molar-refractivity contribution in [2.45, 2.75) is 25.3 Å². The Balaban J connectivity index is 2.24. The Hall–Kier alpha value is -0.600. The normalized spacial score (nSPS) is 19.1. The summed E-state index contributed by atoms with van der Waals surface area (Å²) in [5, 5.41) is 0.575. The summed E-state index contributed by atoms with van der Waals surface area (Å²) in [6.45, 7) is 0. The van der Waals surface area contributed by atoms with E-state index in [0.717, 1.165) is 18.4 Å². The van der Waals surface area contributed by atoms with Crippen molar-refractivity contribution in [1.29, 1.82) is 0 Å². The molecule has 0 aromatic heterocycles. The third kappa shape index (κ3) is 1.77. The summed E-state index contributed by atoms with van der Waals surface area (Å²) >= 11 is 5.97. The third-order valence-electron chi connectivity index (χ3n) is 2.97. The zero-order valence-corrected chi connectivity index (χ0v) is 8.60. The lowest BCUT2D eigenvalue weighted by Crippen LogP contribution is -2.27. The number of hydrogen-bond acceptors (Lipinski definition) is 1. The Kier molecular flexibility index (Phi) is 2.75. The van der Waals surface area contributed by atoms with Gasteiger partial charge in [-0.15, -0.1) is 0 Å². The van der Waals surface area contributed by atoms with E-state index in [4.69, 9.17) is 17.3 Å². The molecular formula is C11H13ClFN. The molecule has 1 aromatic rings. The predicted molar refractivity (Wildman–Crippen MR) is 55.7 cm³/mol. The highest BCUT2D eigenvalue weighted by Crippen LogP contribution is 2.38. The van der Waals surface area contributed by atoms with Gasteiger partial charge in [0.1, 0.15) is 5.82 Å². The number of halogens is 2. The molecule has 1 nitrogen and oxygen atoms in total. The molecular weight excluding hydrogens is 201 g/mol. The topological polar surface area (TPSA) is 26.0 Å². The van der Waals surface area contributed by atoms with Gasteiger partial charge in [-0.05, 0) is 42.5 Å². The fourth-order valence-electron chi connectivity index (χ4n) is 1.82. The Bertz CT molecular complexity index is 336. The number of nitrogens with two attached hydrogens (primary N) is 1. The number of hydrogen-bond donors (Lipinski definition) is 1. The molecule has 0 heterocycles. The van der Waals surface area contributed by atoms with Crippen LogP contribution in [0.4, 0.5) is 4.39 Å². The van der Waals surface area contributed by atoms with E-state index < -0.39 is 0 Å². The van der Waals surface area contributed by atoms with Crippen molar-refractivity contribution in [3.05, 3.63) is 34.6 Å². The molecule has 0 radical (unpaired) electrons. The molecule has 76 valence electrons. The SMILES string of the molecule is N[C@H](c1cc(F)ccc1Cl)C1CCC1. The lowest BCUT2D eigenvalue weighted by atomic mass is 9.77. The van der Waals surface area contributed by atoms with Gasteiger partial charge in [-0.3, -0.25) is 0 Å². The molecule has 0 aliphatic heterocycles. The molecule has 0 spiro atoms. The van der Waals surface area contributed by atoms with Crippen molar-refractivity contribution in [1.82, 2.24) is 0 Å². The highest BCUT2D eigenvalue weighted by Gasteiger charge is 2.26. The van der Waals surface area contributed by atoms with E-state index in [-0.39, 0.29) is 11.9 Å². The van der Waals surface area contributed by atoms with Gasteiger partial charge in [0.2, 0.25) is 0 Å². The first kappa shape index (κ1) is 9.94. The van der Waals surface area contributed by atoms with Crippen molar-refractivity contribution < 1.29 is 4.39 Å². The molecule has 0 unspecified atom stereocenters. The van der Waals surface area contributed by atoms with Crippen LogP contribution in [-0.4, -0.2) is 0 Å². The van der Waals surface area contributed by atoms with Gasteiger partial charge in [0.25, 0.3) is 0 Å². The molecule has 0 amide bonds. The van der Waals surface area contributed by atoms with E-state index in [1.165, 1.54) is 18.6 Å². The standard InChI is InChI=1S/C11H13ClFN/c12-10-5-4-8(13)6-9(10)11(14)7-2-1-3-7/h4-7,11H,1-3,14H2/t11-/m0/s1. The van der Waals surface area contributed by atoms with E-state index in [1.807, 2.05) is 0 Å². The van der Waals surface area contributed by atoms with Crippen molar-refractivity contribution in [2.24, 2.45) is 11.7 Å². The van der Waals surface area contributed by atoms with Crippen LogP contribution < -0.4 is 5.73 Å². The second kappa shape index (κ2) is 3.87. The fourth-order valence-corrected chi connectivity index (χ4v) is 2.07. The van der Waals surface area contributed by atoms with Gasteiger partial charge in [0.05, 0.1) is 0 Å². The van der Waals surface area contributed by atoms with Crippen molar-refractivity contribution in [3.8, 4) is 0 Å². The van der Waals surface area contributed by atoms with Gasteiger partial charge in [-0.1, -0.05) is 18.0 Å². The van der Waals surface area contributed by atoms with Crippen LogP contribution in [0.2, 0.25) is 5.02 Å². The van der Waals surface area contributed by atoms with Crippen LogP contribution in [0.15, 0.2) is 18.2 Å². The van der Waals surface area contributed by atoms with Crippen LogP contribution in [-0.2, 0) is 0 Å². The Morgan fingerprint density at radius 3 is 2.71 bits per heavy atom. The molecule has 1 aromatic carbocycles. The lowest BCUT2D eigenvalue weighted by Gasteiger charge is -2.31. The summed E-state index contributed by atoms with van der Waals surface area (Å²) in [4.78, 5) is 0. The Labute approximate surface area is 88.1 Å². The molecule has 1 saturated carbocycles. The lowest BCUT2D eigenvalue weighted by molar-refractivity contribution is 0.264. The summed E-state index contributed by atoms with van der Waals surface area (Å²) in [5.74, 6) is 0.216. The molecule has 0 saturated heterocycles. The minimum atomic E-state index is -0.265. The molecule has 1 aliphatic carbocycles. The molecule has 3 heteroatoms. The first-order valence-corrected chi connectivity index (χ1v) is 5.27. The summed E-state index contributed by atoms with van der Waals surface area (Å²) < 4.78 is 13.0. The van der Waals surface area contributed by atoms with Crippen LogP contribution in [0.25, 0.3) is 0 Å². The first-order chi connectivity index (χ1) is 6.68. The smallest absolute Gasteiger partial charge is 0.123 e. The van der Waals surface area contributed by atoms with Gasteiger partial charge in [0, 0.05) is 11.1 Å². The number of benzene rings is 1. The van der Waals surface area contributed by atoms with Crippen LogP contribution in [0.5, 0.6) is 0 Å². The van der Waals surface area contributed by atoms with E-state index in [0.29, 0.717) is 10.9 Å². The van der Waals surface area contributed by atoms with Crippen LogP contribution in [0.3, 0.4) is 0 Å². The molecule has 1 fully saturated rings. The van der Waals surface area contributed by atoms with E-state index in [9.17, 15) is 4.39 Å². The van der Waals surface area contributed by atoms with Crippen molar-refractivity contribution in [3.63, 3.8) is 0 Å². The minimum Gasteiger partial charge on any atom is -0.324 e. The average Bonchev–Trinajstić information content (AvgIpc) is 2.06. The van der Waals surface area contributed by atoms with Gasteiger partial charge in [0.15, 0.2) is 0 Å². The van der Waals surface area contributed by atoms with E-state index >= 15 is 0 Å². The maximum absolute atomic E-state index is 13.0. The predicted octanol–water partition coefficient (Wildman–Crippen LogP) is 3.28. The Morgan fingerprint density at radius 1 is 1.43 bits per heavy atom. The minimum absolute atomic E-state index is 0.105. The fraction of sp³-hybridized carbons (Fsp3) is 0.455. The third-order valence-corrected chi connectivity index (χ3v) is 3.32. The second-order valence-electron chi connectivity index (χ2n) is 3.88. The molecule has 1 atom stereocenters. The van der Waals surface area contributed by atoms with Gasteiger partial charge in [-0.25, -0.2) is 4.39 Å². The summed E-state index contributed by atoms with van der Waals surface area (Å²) in [6, 6.07) is 4.28. The molecule has 0 bridgehead atoms. The van der Waals surface area contributed by atoms with Gasteiger partial charge < -0.3 is 5.73 Å². The molecule has 2 rings (SSSR count). The van der Waals surface area contributed by atoms with Gasteiger partial charge >= 0.3 is 0 Å². The summed E-state index contributed by atoms with van der Waals surface area (Å²) in [5.41, 5.74) is 6.77. The van der Waals surface area contributed by atoms with Crippen molar-refractivity contribution >= 4 is 11.6 Å². The largest absolute Gasteiger partial charge is 0.324 e. The number of rotatable bonds is 2. The van der Waals surface area contributed by atoms with Crippen LogP contribution in [0, 0.1) is 11.7 Å². The van der Waals surface area contributed by atoms with Crippen LogP contribution in [0.1, 0.15) is 30.9 Å². The molecule has 2 N–H and O–H groups in total. The molecule has 14 heavy (non-hydrogen) atoms.